The Balaban J connectivity index is 2.63. The largest absolute Gasteiger partial charge is 0.328 e. The van der Waals surface area contributed by atoms with Crippen molar-refractivity contribution in [3.8, 4) is 0 Å². The van der Waals surface area contributed by atoms with Gasteiger partial charge in [-0.05, 0) is 31.5 Å². The Morgan fingerprint density at radius 2 is 2.05 bits per heavy atom. The molecule has 0 fully saturated rings. The first-order valence-corrected chi connectivity index (χ1v) is 6.02. The molecule has 1 heterocycles. The maximum atomic E-state index is 13.2. The zero-order valence-electron chi connectivity index (χ0n) is 11.0. The van der Waals surface area contributed by atoms with E-state index in [1.807, 2.05) is 0 Å². The summed E-state index contributed by atoms with van der Waals surface area (Å²) >= 11 is 0. The summed E-state index contributed by atoms with van der Waals surface area (Å²) in [6, 6.07) is 4.95. The summed E-state index contributed by atoms with van der Waals surface area (Å²) in [7, 11) is 0. The van der Waals surface area contributed by atoms with Crippen LogP contribution in [0.15, 0.2) is 40.1 Å². The fourth-order valence-corrected chi connectivity index (χ4v) is 2.01. The van der Waals surface area contributed by atoms with Crippen molar-refractivity contribution in [2.45, 2.75) is 19.9 Å². The van der Waals surface area contributed by atoms with E-state index in [4.69, 9.17) is 0 Å². The van der Waals surface area contributed by atoms with Crippen LogP contribution in [0.2, 0.25) is 0 Å². The molecule has 1 unspecified atom stereocenters. The molecule has 0 amide bonds. The molecule has 1 atom stereocenters. The van der Waals surface area contributed by atoms with E-state index < -0.39 is 28.9 Å². The number of H-pyrrole nitrogens is 1. The molecule has 0 radical (unpaired) electrons. The number of ketones is 1. The van der Waals surface area contributed by atoms with Crippen LogP contribution in [-0.4, -0.2) is 15.3 Å². The highest BCUT2D eigenvalue weighted by Crippen LogP contribution is 2.15. The van der Waals surface area contributed by atoms with Gasteiger partial charge < -0.3 is 4.98 Å². The molecule has 1 N–H and O–H groups in total. The molecule has 2 rings (SSSR count). The predicted octanol–water partition coefficient (Wildman–Crippen LogP) is 1.49. The van der Waals surface area contributed by atoms with Crippen LogP contribution >= 0.6 is 0 Å². The van der Waals surface area contributed by atoms with E-state index in [2.05, 4.69) is 4.98 Å². The van der Waals surface area contributed by atoms with E-state index in [0.29, 0.717) is 5.56 Å². The van der Waals surface area contributed by atoms with Crippen molar-refractivity contribution in [2.24, 2.45) is 0 Å². The van der Waals surface area contributed by atoms with Crippen LogP contribution in [0, 0.1) is 5.82 Å². The van der Waals surface area contributed by atoms with Crippen molar-refractivity contribution in [2.75, 3.05) is 0 Å². The first-order chi connectivity index (χ1) is 9.41. The molecule has 1 aromatic carbocycles. The third-order valence-corrected chi connectivity index (χ3v) is 3.11. The summed E-state index contributed by atoms with van der Waals surface area (Å²) in [5, 5.41) is 0. The van der Waals surface area contributed by atoms with Gasteiger partial charge in [-0.2, -0.15) is 0 Å². The lowest BCUT2D eigenvalue weighted by Gasteiger charge is -2.15. The predicted molar refractivity (Wildman–Crippen MR) is 71.5 cm³/mol. The molecule has 5 nitrogen and oxygen atoms in total. The van der Waals surface area contributed by atoms with Crippen LogP contribution in [0.5, 0.6) is 0 Å². The normalized spacial score (nSPS) is 12.2. The molecule has 104 valence electrons. The minimum atomic E-state index is -0.682. The Labute approximate surface area is 113 Å². The number of carbonyl (C=O) groups is 1. The second kappa shape index (κ2) is 5.24. The zero-order chi connectivity index (χ0) is 14.9. The number of rotatable bonds is 3. The topological polar surface area (TPSA) is 71.9 Å². The van der Waals surface area contributed by atoms with Gasteiger partial charge in [-0.15, -0.1) is 0 Å². The average molecular weight is 276 g/mol. The summed E-state index contributed by atoms with van der Waals surface area (Å²) < 4.78 is 14.1. The van der Waals surface area contributed by atoms with Crippen molar-refractivity contribution in [3.63, 3.8) is 0 Å². The molecule has 6 heteroatoms. The lowest BCUT2D eigenvalue weighted by Crippen LogP contribution is -2.39. The van der Waals surface area contributed by atoms with E-state index in [1.54, 1.807) is 13.0 Å². The van der Waals surface area contributed by atoms with Gasteiger partial charge >= 0.3 is 5.69 Å². The monoisotopic (exact) mass is 276 g/mol. The number of nitrogens with one attached hydrogen (secondary N) is 1. The van der Waals surface area contributed by atoms with Gasteiger partial charge in [0.1, 0.15) is 5.82 Å². The maximum Gasteiger partial charge on any atom is 0.328 e. The summed E-state index contributed by atoms with van der Waals surface area (Å²) in [6.07, 6.45) is 1.10. The average Bonchev–Trinajstić information content (AvgIpc) is 2.38. The molecule has 20 heavy (non-hydrogen) atoms. The van der Waals surface area contributed by atoms with Gasteiger partial charge in [-0.3, -0.25) is 14.2 Å². The third-order valence-electron chi connectivity index (χ3n) is 3.11. The first-order valence-electron chi connectivity index (χ1n) is 6.02. The van der Waals surface area contributed by atoms with Crippen LogP contribution in [0.1, 0.15) is 35.8 Å². The summed E-state index contributed by atoms with van der Waals surface area (Å²) in [6.45, 7) is 2.83. The fourth-order valence-electron chi connectivity index (χ4n) is 2.01. The Bertz CT molecular complexity index is 776. The van der Waals surface area contributed by atoms with Gasteiger partial charge in [0.2, 0.25) is 0 Å². The molecule has 0 bridgehead atoms. The number of halogens is 1. The number of Topliss-reactive ketones (excluding diaryl/α,β-unsaturated/α-hetero) is 1. The number of aromatic nitrogens is 2. The number of nitrogens with zero attached hydrogens (tertiary/aromatic N) is 1. The van der Waals surface area contributed by atoms with Gasteiger partial charge in [0.25, 0.3) is 5.56 Å². The second-order valence-electron chi connectivity index (χ2n) is 4.47. The first kappa shape index (κ1) is 13.9. The maximum absolute atomic E-state index is 13.2. The van der Waals surface area contributed by atoms with Crippen LogP contribution in [0.4, 0.5) is 4.39 Å². The molecule has 0 saturated heterocycles. The number of benzene rings is 1. The van der Waals surface area contributed by atoms with E-state index in [0.717, 1.165) is 10.8 Å². The van der Waals surface area contributed by atoms with Crippen molar-refractivity contribution in [1.82, 2.24) is 9.55 Å². The molecule has 0 aliphatic heterocycles. The van der Waals surface area contributed by atoms with Crippen molar-refractivity contribution < 1.29 is 9.18 Å². The van der Waals surface area contributed by atoms with E-state index in [-0.39, 0.29) is 5.56 Å². The van der Waals surface area contributed by atoms with E-state index in [1.165, 1.54) is 25.1 Å². The SMILES string of the molecule is CC(=O)c1c[nH]c(=O)n(C(C)c2cccc(F)c2)c1=O. The smallest absolute Gasteiger partial charge is 0.313 e. The number of aromatic amines is 1. The summed E-state index contributed by atoms with van der Waals surface area (Å²) in [5.74, 6) is -0.895. The van der Waals surface area contributed by atoms with Gasteiger partial charge in [-0.1, -0.05) is 12.1 Å². The summed E-state index contributed by atoms with van der Waals surface area (Å²) in [5.41, 5.74) is -0.957. The molecular formula is C14H13FN2O3. The van der Waals surface area contributed by atoms with Crippen molar-refractivity contribution >= 4 is 5.78 Å². The van der Waals surface area contributed by atoms with E-state index >= 15 is 0 Å². The highest BCUT2D eigenvalue weighted by Gasteiger charge is 2.17. The Hall–Kier alpha value is -2.50. The van der Waals surface area contributed by atoms with Gasteiger partial charge in [0, 0.05) is 6.20 Å². The quantitative estimate of drug-likeness (QED) is 0.863. The Morgan fingerprint density at radius 1 is 1.35 bits per heavy atom. The third kappa shape index (κ3) is 2.45. The number of carbonyl (C=O) groups excluding carboxylic acids is 1. The molecule has 0 aliphatic carbocycles. The fraction of sp³-hybridized carbons (Fsp3) is 0.214. The van der Waals surface area contributed by atoms with Gasteiger partial charge in [-0.25, -0.2) is 9.18 Å². The zero-order valence-corrected chi connectivity index (χ0v) is 11.0. The molecule has 0 spiro atoms. The van der Waals surface area contributed by atoms with Crippen LogP contribution < -0.4 is 11.2 Å². The summed E-state index contributed by atoms with van der Waals surface area (Å²) in [4.78, 5) is 37.7. The van der Waals surface area contributed by atoms with E-state index in [9.17, 15) is 18.8 Å². The number of hydrogen-bond donors (Lipinski definition) is 1. The minimum absolute atomic E-state index is 0.104. The standard InChI is InChI=1S/C14H13FN2O3/c1-8(10-4-3-5-11(15)6-10)17-13(19)12(9(2)18)7-16-14(17)20/h3-8H,1-2H3,(H,16,20). The van der Waals surface area contributed by atoms with Crippen LogP contribution in [0.25, 0.3) is 0 Å². The lowest BCUT2D eigenvalue weighted by atomic mass is 10.1. The van der Waals surface area contributed by atoms with Crippen LogP contribution in [-0.2, 0) is 0 Å². The number of hydrogen-bond acceptors (Lipinski definition) is 3. The lowest BCUT2D eigenvalue weighted by molar-refractivity contribution is 0.101. The minimum Gasteiger partial charge on any atom is -0.313 e. The Kier molecular flexibility index (Phi) is 3.65. The highest BCUT2D eigenvalue weighted by molar-refractivity contribution is 5.93. The van der Waals surface area contributed by atoms with Crippen LogP contribution in [0.3, 0.4) is 0 Å². The van der Waals surface area contributed by atoms with Gasteiger partial charge in [0.15, 0.2) is 5.78 Å². The molecule has 0 saturated carbocycles. The van der Waals surface area contributed by atoms with Gasteiger partial charge in [0.05, 0.1) is 11.6 Å². The Morgan fingerprint density at radius 3 is 2.65 bits per heavy atom. The molecule has 2 aromatic rings. The highest BCUT2D eigenvalue weighted by atomic mass is 19.1. The molecule has 1 aromatic heterocycles. The molecule has 0 aliphatic rings. The van der Waals surface area contributed by atoms with Crippen molar-refractivity contribution in [3.05, 3.63) is 68.2 Å². The second-order valence-corrected chi connectivity index (χ2v) is 4.47. The molecular weight excluding hydrogens is 263 g/mol. The van der Waals surface area contributed by atoms with Crippen molar-refractivity contribution in [1.29, 1.82) is 0 Å².